The SMILES string of the molecule is CCCC.CCc1ccc(-c2ccc(C(C)(F)F)cc2)cc1. The van der Waals surface area contributed by atoms with Crippen LogP contribution < -0.4 is 0 Å². The molecule has 2 rings (SSSR count). The Balaban J connectivity index is 0.000000541. The molecule has 0 spiro atoms. The lowest BCUT2D eigenvalue weighted by Crippen LogP contribution is -2.06. The van der Waals surface area contributed by atoms with Gasteiger partial charge in [0.1, 0.15) is 0 Å². The number of hydrogen-bond donors (Lipinski definition) is 0. The molecule has 0 unspecified atom stereocenters. The van der Waals surface area contributed by atoms with Gasteiger partial charge in [-0.25, -0.2) is 8.78 Å². The first kappa shape index (κ1) is 18.3. The minimum atomic E-state index is -2.77. The van der Waals surface area contributed by atoms with Crippen molar-refractivity contribution >= 4 is 0 Å². The van der Waals surface area contributed by atoms with Crippen LogP contribution in [0.2, 0.25) is 0 Å². The Morgan fingerprint density at radius 2 is 1.14 bits per heavy atom. The van der Waals surface area contributed by atoms with E-state index in [1.807, 2.05) is 12.1 Å². The maximum atomic E-state index is 13.1. The smallest absolute Gasteiger partial charge is 0.202 e. The van der Waals surface area contributed by atoms with Crippen LogP contribution in [-0.2, 0) is 12.3 Å². The molecule has 0 nitrogen and oxygen atoms in total. The van der Waals surface area contributed by atoms with Gasteiger partial charge in [0.25, 0.3) is 5.92 Å². The molecule has 2 aromatic rings. The van der Waals surface area contributed by atoms with Crippen LogP contribution in [0.1, 0.15) is 51.7 Å². The lowest BCUT2D eigenvalue weighted by atomic mass is 10.0. The third-order valence-corrected chi connectivity index (χ3v) is 3.59. The Morgan fingerprint density at radius 1 is 0.727 bits per heavy atom. The van der Waals surface area contributed by atoms with E-state index in [1.54, 1.807) is 12.1 Å². The predicted octanol–water partition coefficient (Wildman–Crippen LogP) is 6.83. The number of rotatable bonds is 4. The van der Waals surface area contributed by atoms with Crippen molar-refractivity contribution in [1.29, 1.82) is 0 Å². The molecule has 0 radical (unpaired) electrons. The highest BCUT2D eigenvalue weighted by atomic mass is 19.3. The van der Waals surface area contributed by atoms with E-state index < -0.39 is 5.92 Å². The van der Waals surface area contributed by atoms with Gasteiger partial charge in [0, 0.05) is 12.5 Å². The third-order valence-electron chi connectivity index (χ3n) is 3.59. The summed E-state index contributed by atoms with van der Waals surface area (Å²) < 4.78 is 26.2. The van der Waals surface area contributed by atoms with Crippen molar-refractivity contribution in [3.63, 3.8) is 0 Å². The standard InChI is InChI=1S/C16H16F2.C4H10/c1-3-12-4-6-13(7-5-12)14-8-10-15(11-9-14)16(2,17)18;1-3-4-2/h4-11H,3H2,1-2H3;3-4H2,1-2H3. The lowest BCUT2D eigenvalue weighted by Gasteiger charge is -2.11. The number of alkyl halides is 2. The summed E-state index contributed by atoms with van der Waals surface area (Å²) in [7, 11) is 0. The summed E-state index contributed by atoms with van der Waals surface area (Å²) in [5, 5.41) is 0. The second-order valence-electron chi connectivity index (χ2n) is 5.52. The highest BCUT2D eigenvalue weighted by molar-refractivity contribution is 5.64. The Hall–Kier alpha value is -1.70. The highest BCUT2D eigenvalue weighted by Gasteiger charge is 2.23. The summed E-state index contributed by atoms with van der Waals surface area (Å²) in [4.78, 5) is 0. The molecule has 0 saturated carbocycles. The number of unbranched alkanes of at least 4 members (excludes halogenated alkanes) is 1. The van der Waals surface area contributed by atoms with Crippen molar-refractivity contribution in [1.82, 2.24) is 0 Å². The predicted molar refractivity (Wildman–Crippen MR) is 91.4 cm³/mol. The molecule has 0 amide bonds. The first-order chi connectivity index (χ1) is 10.4. The number of benzene rings is 2. The van der Waals surface area contributed by atoms with Gasteiger partial charge in [-0.15, -0.1) is 0 Å². The van der Waals surface area contributed by atoms with Gasteiger partial charge in [-0.3, -0.25) is 0 Å². The topological polar surface area (TPSA) is 0 Å². The molecular weight excluding hydrogens is 278 g/mol. The molecule has 0 aliphatic rings. The van der Waals surface area contributed by atoms with Gasteiger partial charge in [0.05, 0.1) is 0 Å². The maximum absolute atomic E-state index is 13.1. The van der Waals surface area contributed by atoms with Gasteiger partial charge in [0.15, 0.2) is 0 Å². The summed E-state index contributed by atoms with van der Waals surface area (Å²) in [5.41, 5.74) is 3.34. The Kier molecular flexibility index (Phi) is 7.23. The van der Waals surface area contributed by atoms with Crippen molar-refractivity contribution in [3.8, 4) is 11.1 Å². The van der Waals surface area contributed by atoms with Crippen LogP contribution in [-0.4, -0.2) is 0 Å². The summed E-state index contributed by atoms with van der Waals surface area (Å²) >= 11 is 0. The second kappa shape index (κ2) is 8.67. The van der Waals surface area contributed by atoms with E-state index in [2.05, 4.69) is 32.9 Å². The first-order valence-corrected chi connectivity index (χ1v) is 8.00. The van der Waals surface area contributed by atoms with Crippen LogP contribution in [0.4, 0.5) is 8.78 Å². The van der Waals surface area contributed by atoms with Gasteiger partial charge >= 0.3 is 0 Å². The van der Waals surface area contributed by atoms with E-state index in [-0.39, 0.29) is 5.56 Å². The van der Waals surface area contributed by atoms with Gasteiger partial charge in [0.2, 0.25) is 0 Å². The van der Waals surface area contributed by atoms with Gasteiger partial charge < -0.3 is 0 Å². The molecular formula is C20H26F2. The summed E-state index contributed by atoms with van der Waals surface area (Å²) in [6.07, 6.45) is 3.64. The van der Waals surface area contributed by atoms with Crippen LogP contribution in [0, 0.1) is 0 Å². The van der Waals surface area contributed by atoms with E-state index in [0.717, 1.165) is 24.5 Å². The zero-order valence-electron chi connectivity index (χ0n) is 14.0. The molecule has 0 aliphatic heterocycles. The maximum Gasteiger partial charge on any atom is 0.270 e. The van der Waals surface area contributed by atoms with Crippen LogP contribution in [0.25, 0.3) is 11.1 Å². The van der Waals surface area contributed by atoms with Gasteiger partial charge in [-0.2, -0.15) is 0 Å². The normalized spacial score (nSPS) is 10.8. The van der Waals surface area contributed by atoms with E-state index in [4.69, 9.17) is 0 Å². The Labute approximate surface area is 133 Å². The molecule has 0 N–H and O–H groups in total. The highest BCUT2D eigenvalue weighted by Crippen LogP contribution is 2.29. The van der Waals surface area contributed by atoms with E-state index >= 15 is 0 Å². The van der Waals surface area contributed by atoms with Crippen molar-refractivity contribution < 1.29 is 8.78 Å². The van der Waals surface area contributed by atoms with Crippen molar-refractivity contribution in [2.24, 2.45) is 0 Å². The van der Waals surface area contributed by atoms with E-state index in [9.17, 15) is 8.78 Å². The Bertz CT molecular complexity index is 531. The Morgan fingerprint density at radius 3 is 1.45 bits per heavy atom. The van der Waals surface area contributed by atoms with Crippen LogP contribution in [0.15, 0.2) is 48.5 Å². The molecule has 22 heavy (non-hydrogen) atoms. The van der Waals surface area contributed by atoms with Crippen molar-refractivity contribution in [3.05, 3.63) is 59.7 Å². The molecule has 2 heteroatoms. The van der Waals surface area contributed by atoms with Crippen molar-refractivity contribution in [2.45, 2.75) is 52.9 Å². The second-order valence-corrected chi connectivity index (χ2v) is 5.52. The zero-order valence-corrected chi connectivity index (χ0v) is 14.0. The fourth-order valence-electron chi connectivity index (χ4n) is 1.89. The van der Waals surface area contributed by atoms with E-state index in [1.165, 1.54) is 30.5 Å². The van der Waals surface area contributed by atoms with Gasteiger partial charge in [-0.05, 0) is 23.1 Å². The molecule has 120 valence electrons. The van der Waals surface area contributed by atoms with Gasteiger partial charge in [-0.1, -0.05) is 82.1 Å². The fourth-order valence-corrected chi connectivity index (χ4v) is 1.89. The molecule has 0 aromatic heterocycles. The van der Waals surface area contributed by atoms with Crippen LogP contribution >= 0.6 is 0 Å². The van der Waals surface area contributed by atoms with Crippen LogP contribution in [0.3, 0.4) is 0 Å². The average Bonchev–Trinajstić information content (AvgIpc) is 2.54. The molecule has 0 atom stereocenters. The summed E-state index contributed by atoms with van der Waals surface area (Å²) in [6.45, 7) is 7.38. The molecule has 2 aromatic carbocycles. The van der Waals surface area contributed by atoms with Crippen molar-refractivity contribution in [2.75, 3.05) is 0 Å². The minimum absolute atomic E-state index is 0.0522. The number of hydrogen-bond acceptors (Lipinski definition) is 0. The largest absolute Gasteiger partial charge is 0.270 e. The molecule has 0 bridgehead atoms. The third kappa shape index (κ3) is 5.59. The van der Waals surface area contributed by atoms with E-state index in [0.29, 0.717) is 0 Å². The molecule has 0 saturated heterocycles. The zero-order chi connectivity index (χ0) is 16.6. The lowest BCUT2D eigenvalue weighted by molar-refractivity contribution is 0.0175. The first-order valence-electron chi connectivity index (χ1n) is 8.00. The summed E-state index contributed by atoms with van der Waals surface area (Å²) in [5.74, 6) is -2.77. The number of halogens is 2. The minimum Gasteiger partial charge on any atom is -0.202 e. The average molecular weight is 304 g/mol. The molecule has 0 heterocycles. The van der Waals surface area contributed by atoms with Crippen LogP contribution in [0.5, 0.6) is 0 Å². The fraction of sp³-hybridized carbons (Fsp3) is 0.400. The quantitative estimate of drug-likeness (QED) is 0.580. The monoisotopic (exact) mass is 304 g/mol. The molecule has 0 aliphatic carbocycles. The summed E-state index contributed by atoms with van der Waals surface area (Å²) in [6, 6.07) is 14.7. The number of aryl methyl sites for hydroxylation is 1. The molecule has 0 fully saturated rings.